The molecule has 0 atom stereocenters. The van der Waals surface area contributed by atoms with Gasteiger partial charge in [-0.25, -0.2) is 4.79 Å². The molecular weight excluding hydrogens is 284 g/mol. The Morgan fingerprint density at radius 1 is 1.00 bits per heavy atom. The molecule has 0 aliphatic carbocycles. The zero-order valence-electron chi connectivity index (χ0n) is 14.5. The SMILES string of the molecule is Cc1ccc(/C(=C/c2ccc(C(C)(C)C)cc2)C(=O)O)c(C)c1. The quantitative estimate of drug-likeness (QED) is 0.623. The fourth-order valence-electron chi connectivity index (χ4n) is 2.62. The van der Waals surface area contributed by atoms with Crippen molar-refractivity contribution in [3.63, 3.8) is 0 Å². The average Bonchev–Trinajstić information content (AvgIpc) is 2.45. The third kappa shape index (κ3) is 4.10. The average molecular weight is 308 g/mol. The topological polar surface area (TPSA) is 37.3 Å². The molecule has 0 radical (unpaired) electrons. The van der Waals surface area contributed by atoms with Gasteiger partial charge in [0, 0.05) is 0 Å². The largest absolute Gasteiger partial charge is 0.478 e. The lowest BCUT2D eigenvalue weighted by molar-refractivity contribution is -0.130. The fraction of sp³-hybridized carbons (Fsp3) is 0.286. The molecule has 0 heterocycles. The third-order valence-corrected chi connectivity index (χ3v) is 3.99. The monoisotopic (exact) mass is 308 g/mol. The summed E-state index contributed by atoms with van der Waals surface area (Å²) in [6.07, 6.45) is 1.74. The minimum absolute atomic E-state index is 0.0887. The molecule has 2 nitrogen and oxygen atoms in total. The second-order valence-corrected chi connectivity index (χ2v) is 7.05. The van der Waals surface area contributed by atoms with E-state index in [0.29, 0.717) is 5.57 Å². The summed E-state index contributed by atoms with van der Waals surface area (Å²) in [6.45, 7) is 10.4. The molecule has 0 aliphatic heterocycles. The standard InChI is InChI=1S/C21H24O2/c1-14-6-11-18(15(2)12-14)19(20(22)23)13-16-7-9-17(10-8-16)21(3,4)5/h6-13H,1-5H3,(H,22,23)/b19-13-. The van der Waals surface area contributed by atoms with Gasteiger partial charge in [-0.15, -0.1) is 0 Å². The maximum absolute atomic E-state index is 11.7. The van der Waals surface area contributed by atoms with E-state index in [1.807, 2.05) is 44.2 Å². The smallest absolute Gasteiger partial charge is 0.336 e. The van der Waals surface area contributed by atoms with Gasteiger partial charge in [0.05, 0.1) is 5.57 Å². The highest BCUT2D eigenvalue weighted by Crippen LogP contribution is 2.25. The molecule has 0 bridgehead atoms. The minimum Gasteiger partial charge on any atom is -0.478 e. The molecule has 0 aliphatic rings. The van der Waals surface area contributed by atoms with Gasteiger partial charge in [0.15, 0.2) is 0 Å². The molecule has 0 saturated carbocycles. The molecule has 0 unspecified atom stereocenters. The van der Waals surface area contributed by atoms with Gasteiger partial charge >= 0.3 is 5.97 Å². The van der Waals surface area contributed by atoms with Crippen molar-refractivity contribution in [1.29, 1.82) is 0 Å². The van der Waals surface area contributed by atoms with Crippen molar-refractivity contribution in [3.05, 3.63) is 70.3 Å². The first-order chi connectivity index (χ1) is 10.7. The molecule has 1 N–H and O–H groups in total. The highest BCUT2D eigenvalue weighted by atomic mass is 16.4. The van der Waals surface area contributed by atoms with Crippen LogP contribution in [0.5, 0.6) is 0 Å². The van der Waals surface area contributed by atoms with Crippen molar-refractivity contribution in [2.75, 3.05) is 0 Å². The van der Waals surface area contributed by atoms with Crippen molar-refractivity contribution in [1.82, 2.24) is 0 Å². The highest BCUT2D eigenvalue weighted by molar-refractivity contribution is 6.21. The Bertz CT molecular complexity index is 744. The van der Waals surface area contributed by atoms with E-state index in [-0.39, 0.29) is 5.41 Å². The van der Waals surface area contributed by atoms with Gasteiger partial charge in [-0.3, -0.25) is 0 Å². The maximum atomic E-state index is 11.7. The predicted molar refractivity (Wildman–Crippen MR) is 96.6 cm³/mol. The summed E-state index contributed by atoms with van der Waals surface area (Å²) in [4.78, 5) is 11.7. The molecule has 2 heteroatoms. The third-order valence-electron chi connectivity index (χ3n) is 3.99. The van der Waals surface area contributed by atoms with Gasteiger partial charge in [0.1, 0.15) is 0 Å². The highest BCUT2D eigenvalue weighted by Gasteiger charge is 2.15. The first-order valence-corrected chi connectivity index (χ1v) is 7.81. The summed E-state index contributed by atoms with van der Waals surface area (Å²) in [5.74, 6) is -0.906. The van der Waals surface area contributed by atoms with Crippen LogP contribution in [0.3, 0.4) is 0 Å². The van der Waals surface area contributed by atoms with Crippen LogP contribution in [0.15, 0.2) is 42.5 Å². The number of aryl methyl sites for hydroxylation is 2. The Balaban J connectivity index is 2.45. The van der Waals surface area contributed by atoms with Gasteiger partial charge in [-0.2, -0.15) is 0 Å². The van der Waals surface area contributed by atoms with Crippen LogP contribution >= 0.6 is 0 Å². The van der Waals surface area contributed by atoms with E-state index in [1.54, 1.807) is 6.08 Å². The lowest BCUT2D eigenvalue weighted by Gasteiger charge is -2.18. The first-order valence-electron chi connectivity index (χ1n) is 7.81. The number of carboxylic acid groups (broad SMARTS) is 1. The zero-order valence-corrected chi connectivity index (χ0v) is 14.5. The molecule has 2 aromatic carbocycles. The Hall–Kier alpha value is -2.35. The van der Waals surface area contributed by atoms with Crippen LogP contribution in [-0.2, 0) is 10.2 Å². The fourth-order valence-corrected chi connectivity index (χ4v) is 2.62. The lowest BCUT2D eigenvalue weighted by atomic mass is 9.86. The molecule has 2 aromatic rings. The molecule has 120 valence electrons. The lowest BCUT2D eigenvalue weighted by Crippen LogP contribution is -2.10. The van der Waals surface area contributed by atoms with Gasteiger partial charge in [-0.1, -0.05) is 68.8 Å². The van der Waals surface area contributed by atoms with Crippen LogP contribution in [0, 0.1) is 13.8 Å². The summed E-state index contributed by atoms with van der Waals surface area (Å²) >= 11 is 0. The summed E-state index contributed by atoms with van der Waals surface area (Å²) in [5, 5.41) is 9.60. The Kier molecular flexibility index (Phi) is 4.74. The number of rotatable bonds is 3. The number of carbonyl (C=O) groups is 1. The first kappa shape index (κ1) is 17.0. The van der Waals surface area contributed by atoms with Gasteiger partial charge < -0.3 is 5.11 Å². The van der Waals surface area contributed by atoms with Crippen LogP contribution < -0.4 is 0 Å². The second kappa shape index (κ2) is 6.41. The maximum Gasteiger partial charge on any atom is 0.336 e. The van der Waals surface area contributed by atoms with E-state index in [9.17, 15) is 9.90 Å². The van der Waals surface area contributed by atoms with Crippen molar-refractivity contribution in [2.24, 2.45) is 0 Å². The number of hydrogen-bond acceptors (Lipinski definition) is 1. The van der Waals surface area contributed by atoms with Crippen LogP contribution in [0.1, 0.15) is 48.6 Å². The van der Waals surface area contributed by atoms with E-state index >= 15 is 0 Å². The van der Waals surface area contributed by atoms with Crippen molar-refractivity contribution in [2.45, 2.75) is 40.0 Å². The van der Waals surface area contributed by atoms with Crippen LogP contribution in [0.4, 0.5) is 0 Å². The molecule has 0 amide bonds. The van der Waals surface area contributed by atoms with Gasteiger partial charge in [0.25, 0.3) is 0 Å². The van der Waals surface area contributed by atoms with E-state index in [1.165, 1.54) is 5.56 Å². The summed E-state index contributed by atoms with van der Waals surface area (Å²) in [5.41, 5.74) is 5.42. The van der Waals surface area contributed by atoms with Crippen LogP contribution in [0.2, 0.25) is 0 Å². The summed E-state index contributed by atoms with van der Waals surface area (Å²) in [6, 6.07) is 13.9. The summed E-state index contributed by atoms with van der Waals surface area (Å²) in [7, 11) is 0. The number of aliphatic carboxylic acids is 1. The van der Waals surface area contributed by atoms with E-state index in [2.05, 4.69) is 32.9 Å². The number of carboxylic acids is 1. The molecule has 2 rings (SSSR count). The minimum atomic E-state index is -0.906. The molecule has 23 heavy (non-hydrogen) atoms. The van der Waals surface area contributed by atoms with E-state index in [4.69, 9.17) is 0 Å². The normalized spacial score (nSPS) is 12.3. The molecular formula is C21H24O2. The van der Waals surface area contributed by atoms with E-state index < -0.39 is 5.97 Å². The van der Waals surface area contributed by atoms with Gasteiger partial charge in [0.2, 0.25) is 0 Å². The van der Waals surface area contributed by atoms with Gasteiger partial charge in [-0.05, 0) is 47.6 Å². The Morgan fingerprint density at radius 3 is 2.09 bits per heavy atom. The molecule has 0 saturated heterocycles. The zero-order chi connectivity index (χ0) is 17.2. The predicted octanol–water partition coefficient (Wildman–Crippen LogP) is 5.23. The summed E-state index contributed by atoms with van der Waals surface area (Å²) < 4.78 is 0. The van der Waals surface area contributed by atoms with Crippen LogP contribution in [0.25, 0.3) is 11.6 Å². The molecule has 0 fully saturated rings. The molecule has 0 spiro atoms. The van der Waals surface area contributed by atoms with E-state index in [0.717, 1.165) is 22.3 Å². The van der Waals surface area contributed by atoms with Crippen molar-refractivity contribution in [3.8, 4) is 0 Å². The van der Waals surface area contributed by atoms with Crippen LogP contribution in [-0.4, -0.2) is 11.1 Å². The number of hydrogen-bond donors (Lipinski definition) is 1. The second-order valence-electron chi connectivity index (χ2n) is 7.05. The Morgan fingerprint density at radius 2 is 1.61 bits per heavy atom. The number of benzene rings is 2. The van der Waals surface area contributed by atoms with Crippen molar-refractivity contribution < 1.29 is 9.90 Å². The molecule has 0 aromatic heterocycles. The Labute approximate surface area is 138 Å². The van der Waals surface area contributed by atoms with Crippen molar-refractivity contribution >= 4 is 17.6 Å².